The van der Waals surface area contributed by atoms with Crippen molar-refractivity contribution in [2.24, 2.45) is 5.41 Å². The molecule has 170 valence electrons. The Morgan fingerprint density at radius 3 is 2.50 bits per heavy atom. The molecule has 0 aliphatic heterocycles. The van der Waals surface area contributed by atoms with E-state index in [9.17, 15) is 9.59 Å². The summed E-state index contributed by atoms with van der Waals surface area (Å²) in [5.74, 6) is 0.981. The van der Waals surface area contributed by atoms with Gasteiger partial charge in [-0.15, -0.1) is 0 Å². The third-order valence-corrected chi connectivity index (χ3v) is 6.60. The molecule has 9 heteroatoms. The highest BCUT2D eigenvalue weighted by atomic mass is 28.3. The highest BCUT2D eigenvalue weighted by Gasteiger charge is 2.28. The van der Waals surface area contributed by atoms with Gasteiger partial charge in [-0.25, -0.2) is 15.0 Å². The van der Waals surface area contributed by atoms with Crippen LogP contribution in [0.2, 0.25) is 25.7 Å². The second-order valence-corrected chi connectivity index (χ2v) is 15.7. The van der Waals surface area contributed by atoms with Gasteiger partial charge in [0.2, 0.25) is 0 Å². The molecule has 3 heterocycles. The average Bonchev–Trinajstić information content (AvgIpc) is 3.07. The van der Waals surface area contributed by atoms with E-state index in [2.05, 4.69) is 39.9 Å². The van der Waals surface area contributed by atoms with Crippen LogP contribution in [0.15, 0.2) is 30.7 Å². The average molecular weight is 454 g/mol. The summed E-state index contributed by atoms with van der Waals surface area (Å²) in [7, 11) is -1.19. The predicted octanol–water partition coefficient (Wildman–Crippen LogP) is 4.92. The fraction of sp³-hybridized carbons (Fsp3) is 0.435. The zero-order chi connectivity index (χ0) is 23.5. The minimum absolute atomic E-state index is 0.0109. The van der Waals surface area contributed by atoms with Gasteiger partial charge in [0.1, 0.15) is 18.1 Å². The molecule has 0 unspecified atom stereocenters. The first kappa shape index (κ1) is 23.7. The normalized spacial score (nSPS) is 12.2. The van der Waals surface area contributed by atoms with E-state index in [1.165, 1.54) is 6.20 Å². The summed E-state index contributed by atoms with van der Waals surface area (Å²) in [5.41, 5.74) is 1.56. The molecule has 3 rings (SSSR count). The van der Waals surface area contributed by atoms with Crippen molar-refractivity contribution in [2.45, 2.75) is 53.2 Å². The molecule has 0 fully saturated rings. The second-order valence-electron chi connectivity index (χ2n) is 10.1. The van der Waals surface area contributed by atoms with E-state index in [1.807, 2.05) is 25.3 Å². The van der Waals surface area contributed by atoms with Crippen LogP contribution < -0.4 is 5.32 Å². The molecule has 0 amide bonds. The van der Waals surface area contributed by atoms with E-state index in [0.717, 1.165) is 12.3 Å². The number of carbonyl (C=O) groups is 2. The van der Waals surface area contributed by atoms with E-state index >= 15 is 0 Å². The van der Waals surface area contributed by atoms with Crippen molar-refractivity contribution in [3.8, 4) is 0 Å². The number of hydrogen-bond acceptors (Lipinski definition) is 7. The quantitative estimate of drug-likeness (QED) is 0.212. The molecule has 0 aliphatic rings. The molecule has 0 atom stereocenters. The number of ether oxygens (including phenoxy) is 1. The number of nitrogens with one attached hydrogen (secondary N) is 1. The third kappa shape index (κ3) is 5.86. The van der Waals surface area contributed by atoms with Crippen LogP contribution in [0.1, 0.15) is 41.5 Å². The number of anilines is 2. The molecule has 0 radical (unpaired) electrons. The standard InChI is InChI=1S/C23H31N5O3Si/c1-23(2,3)21(30)17-13-28(15-31-9-10-32(4,5)6)22-20(17)27-19(12-25-22)26-18-8-7-16(14-29)11-24-18/h7-8,11-14H,9-10,15H2,1-6H3,(H,24,26,27). The van der Waals surface area contributed by atoms with E-state index in [1.54, 1.807) is 24.5 Å². The molecule has 1 N–H and O–H groups in total. The maximum atomic E-state index is 13.1. The Bertz CT molecular complexity index is 1110. The lowest BCUT2D eigenvalue weighted by atomic mass is 9.87. The molecule has 0 saturated heterocycles. The molecule has 8 nitrogen and oxygen atoms in total. The number of Topliss-reactive ketones (excluding diaryl/α,β-unsaturated/α-hetero) is 1. The predicted molar refractivity (Wildman–Crippen MR) is 128 cm³/mol. The van der Waals surface area contributed by atoms with Crippen molar-refractivity contribution in [1.82, 2.24) is 19.5 Å². The van der Waals surface area contributed by atoms with Crippen molar-refractivity contribution in [3.63, 3.8) is 0 Å². The van der Waals surface area contributed by atoms with Gasteiger partial charge in [-0.1, -0.05) is 40.4 Å². The molecule has 0 bridgehead atoms. The summed E-state index contributed by atoms with van der Waals surface area (Å²) in [5, 5.41) is 3.08. The molecule has 0 aromatic carbocycles. The van der Waals surface area contributed by atoms with Crippen LogP contribution in [0.3, 0.4) is 0 Å². The molecular weight excluding hydrogens is 422 g/mol. The van der Waals surface area contributed by atoms with Gasteiger partial charge in [0.25, 0.3) is 0 Å². The number of aromatic nitrogens is 4. The number of aldehydes is 1. The van der Waals surface area contributed by atoms with E-state index in [-0.39, 0.29) is 5.78 Å². The van der Waals surface area contributed by atoms with Gasteiger partial charge < -0.3 is 14.6 Å². The molecule has 0 spiro atoms. The van der Waals surface area contributed by atoms with Gasteiger partial charge in [0.05, 0.1) is 11.8 Å². The van der Waals surface area contributed by atoms with Crippen LogP contribution in [0.25, 0.3) is 11.2 Å². The largest absolute Gasteiger partial charge is 0.361 e. The van der Waals surface area contributed by atoms with Gasteiger partial charge >= 0.3 is 0 Å². The van der Waals surface area contributed by atoms with Crippen LogP contribution in [-0.2, 0) is 11.5 Å². The number of fused-ring (bicyclic) bond motifs is 1. The second kappa shape index (κ2) is 9.29. The molecule has 0 aliphatic carbocycles. The number of nitrogens with zero attached hydrogens (tertiary/aromatic N) is 4. The van der Waals surface area contributed by atoms with Gasteiger partial charge in [0, 0.05) is 38.1 Å². The Morgan fingerprint density at radius 1 is 1.16 bits per heavy atom. The number of hydrogen-bond donors (Lipinski definition) is 1. The maximum Gasteiger partial charge on any atom is 0.171 e. The molecule has 32 heavy (non-hydrogen) atoms. The van der Waals surface area contributed by atoms with Crippen molar-refractivity contribution in [3.05, 3.63) is 41.9 Å². The zero-order valence-corrected chi connectivity index (χ0v) is 20.6. The minimum Gasteiger partial charge on any atom is -0.361 e. The third-order valence-electron chi connectivity index (χ3n) is 4.90. The lowest BCUT2D eigenvalue weighted by Crippen LogP contribution is -2.22. The summed E-state index contributed by atoms with van der Waals surface area (Å²) >= 11 is 0. The molecular formula is C23H31N5O3Si. The SMILES string of the molecule is CC(C)(C)C(=O)c1cn(COCC[Si](C)(C)C)c2ncc(Nc3ccc(C=O)cn3)nc12. The monoisotopic (exact) mass is 453 g/mol. The summed E-state index contributed by atoms with van der Waals surface area (Å²) in [4.78, 5) is 37.4. The van der Waals surface area contributed by atoms with Crippen LogP contribution in [-0.4, -0.2) is 46.3 Å². The van der Waals surface area contributed by atoms with Gasteiger partial charge in [0.15, 0.2) is 23.5 Å². The van der Waals surface area contributed by atoms with Crippen molar-refractivity contribution >= 4 is 42.9 Å². The number of pyridine rings is 1. The molecule has 0 saturated carbocycles. The Morgan fingerprint density at radius 2 is 1.91 bits per heavy atom. The fourth-order valence-corrected chi connectivity index (χ4v) is 3.76. The van der Waals surface area contributed by atoms with Gasteiger partial charge in [-0.05, 0) is 18.2 Å². The number of carbonyl (C=O) groups excluding carboxylic acids is 2. The van der Waals surface area contributed by atoms with E-state index < -0.39 is 13.5 Å². The van der Waals surface area contributed by atoms with Crippen LogP contribution in [0.5, 0.6) is 0 Å². The maximum absolute atomic E-state index is 13.1. The fourth-order valence-electron chi connectivity index (χ4n) is 3.00. The first-order chi connectivity index (χ1) is 15.0. The molecule has 3 aromatic rings. The lowest BCUT2D eigenvalue weighted by molar-refractivity contribution is 0.0849. The Balaban J connectivity index is 1.91. The van der Waals surface area contributed by atoms with Gasteiger partial charge in [-0.2, -0.15) is 0 Å². The van der Waals surface area contributed by atoms with E-state index in [4.69, 9.17) is 4.74 Å². The number of ketones is 1. The van der Waals surface area contributed by atoms with Crippen molar-refractivity contribution < 1.29 is 14.3 Å². The van der Waals surface area contributed by atoms with Gasteiger partial charge in [-0.3, -0.25) is 9.59 Å². The van der Waals surface area contributed by atoms with Crippen LogP contribution in [0, 0.1) is 5.41 Å². The first-order valence-electron chi connectivity index (χ1n) is 10.6. The summed E-state index contributed by atoms with van der Waals surface area (Å²) in [6, 6.07) is 4.42. The Hall–Kier alpha value is -2.91. The highest BCUT2D eigenvalue weighted by molar-refractivity contribution is 6.76. The highest BCUT2D eigenvalue weighted by Crippen LogP contribution is 2.28. The van der Waals surface area contributed by atoms with E-state index in [0.29, 0.717) is 47.3 Å². The minimum atomic E-state index is -1.19. The topological polar surface area (TPSA) is 99.0 Å². The summed E-state index contributed by atoms with van der Waals surface area (Å²) < 4.78 is 7.73. The summed E-state index contributed by atoms with van der Waals surface area (Å²) in [6.45, 7) is 13.6. The number of rotatable bonds is 9. The Labute approximate surface area is 189 Å². The first-order valence-corrected chi connectivity index (χ1v) is 14.4. The zero-order valence-electron chi connectivity index (χ0n) is 19.6. The van der Waals surface area contributed by atoms with Crippen LogP contribution in [0.4, 0.5) is 11.6 Å². The molecule has 3 aromatic heterocycles. The summed E-state index contributed by atoms with van der Waals surface area (Å²) in [6.07, 6.45) is 5.60. The van der Waals surface area contributed by atoms with Crippen molar-refractivity contribution in [2.75, 3.05) is 11.9 Å². The Kier molecular flexibility index (Phi) is 6.90. The smallest absolute Gasteiger partial charge is 0.171 e. The lowest BCUT2D eigenvalue weighted by Gasteiger charge is -2.16. The van der Waals surface area contributed by atoms with Crippen LogP contribution >= 0.6 is 0 Å². The van der Waals surface area contributed by atoms with Crippen molar-refractivity contribution in [1.29, 1.82) is 0 Å².